The monoisotopic (exact) mass is 501 g/mol. The van der Waals surface area contributed by atoms with Gasteiger partial charge in [-0.25, -0.2) is 9.97 Å². The normalized spacial score (nSPS) is 11.8. The summed E-state index contributed by atoms with van der Waals surface area (Å²) in [4.78, 5) is 71.5. The number of anilines is 1. The summed E-state index contributed by atoms with van der Waals surface area (Å²) in [5, 5.41) is 13.5. The molecule has 34 heavy (non-hydrogen) atoms. The predicted octanol–water partition coefficient (Wildman–Crippen LogP) is 2.56. The number of methoxy groups -OCH3 is 1. The zero-order valence-electron chi connectivity index (χ0n) is 17.0. The van der Waals surface area contributed by atoms with Gasteiger partial charge in [0.15, 0.2) is 11.0 Å². The number of nitrogens with zero attached hydrogens (tertiary/aromatic N) is 3. The van der Waals surface area contributed by atoms with Crippen LogP contribution in [0.4, 0.5) is 10.8 Å². The fourth-order valence-electron chi connectivity index (χ4n) is 3.10. The second-order valence-corrected chi connectivity index (χ2v) is 8.28. The smallest absolute Gasteiger partial charge is 0.323 e. The number of nitro groups is 1. The Morgan fingerprint density at radius 3 is 2.62 bits per heavy atom. The summed E-state index contributed by atoms with van der Waals surface area (Å²) >= 11 is 6.79. The molecule has 4 aromatic rings. The first kappa shape index (κ1) is 22.9. The second kappa shape index (κ2) is 8.96. The number of nitro benzene ring substituents is 1. The molecule has 2 N–H and O–H groups in total. The minimum absolute atomic E-state index is 0.0347. The molecule has 2 aromatic heterocycles. The Bertz CT molecular complexity index is 1560. The quantitative estimate of drug-likeness (QED) is 0.132. The third kappa shape index (κ3) is 4.33. The minimum atomic E-state index is -1.94. The highest BCUT2D eigenvalue weighted by Gasteiger charge is 2.38. The van der Waals surface area contributed by atoms with E-state index >= 15 is 0 Å². The molecule has 172 valence electrons. The number of Topliss-reactive ketones (excluding diaryl/α,β-unsaturated/α-hetero) is 1. The summed E-state index contributed by atoms with van der Waals surface area (Å²) in [6.45, 7) is 0. The van der Waals surface area contributed by atoms with E-state index in [1.54, 1.807) is 0 Å². The Morgan fingerprint density at radius 2 is 1.91 bits per heavy atom. The number of nitrogens with one attached hydrogen (secondary N) is 2. The molecule has 0 unspecified atom stereocenters. The molecular formula is C20H12ClN5O7S. The van der Waals surface area contributed by atoms with Crippen molar-refractivity contribution in [3.05, 3.63) is 67.6 Å². The number of ketones is 1. The van der Waals surface area contributed by atoms with Crippen LogP contribution >= 0.6 is 22.9 Å². The predicted molar refractivity (Wildman–Crippen MR) is 122 cm³/mol. The Morgan fingerprint density at radius 1 is 1.18 bits per heavy atom. The Hall–Kier alpha value is -4.23. The maximum absolute atomic E-state index is 12.9. The molecule has 0 aliphatic carbocycles. The van der Waals surface area contributed by atoms with Crippen molar-refractivity contribution in [1.82, 2.24) is 15.0 Å². The molecule has 2 aromatic carbocycles. The number of esters is 1. The van der Waals surface area contributed by atoms with Crippen molar-refractivity contribution >= 4 is 72.7 Å². The summed E-state index contributed by atoms with van der Waals surface area (Å²) in [7, 11) is 0.996. The van der Waals surface area contributed by atoms with E-state index in [1.807, 2.05) is 0 Å². The number of carbonyl (C=O) groups excluding carboxylic acids is 3. The average molecular weight is 502 g/mol. The van der Waals surface area contributed by atoms with Crippen molar-refractivity contribution in [3.8, 4) is 0 Å². The molecule has 12 nitrogen and oxygen atoms in total. The van der Waals surface area contributed by atoms with Crippen LogP contribution in [0.25, 0.3) is 21.3 Å². The van der Waals surface area contributed by atoms with Crippen LogP contribution in [-0.4, -0.2) is 44.6 Å². The molecule has 2 heterocycles. The van der Waals surface area contributed by atoms with E-state index in [0.717, 1.165) is 18.4 Å². The van der Waals surface area contributed by atoms with E-state index in [1.165, 1.54) is 36.4 Å². The fourth-order valence-corrected chi connectivity index (χ4v) is 4.17. The van der Waals surface area contributed by atoms with Gasteiger partial charge in [-0.1, -0.05) is 22.9 Å². The Kier molecular flexibility index (Phi) is 6.04. The number of hydrogen-bond acceptors (Lipinski definition) is 10. The van der Waals surface area contributed by atoms with Crippen molar-refractivity contribution in [3.63, 3.8) is 0 Å². The second-order valence-electron chi connectivity index (χ2n) is 6.82. The van der Waals surface area contributed by atoms with Crippen LogP contribution < -0.4 is 10.9 Å². The maximum atomic E-state index is 12.9. The molecule has 0 aliphatic rings. The van der Waals surface area contributed by atoms with Gasteiger partial charge in [0.1, 0.15) is 5.69 Å². The topological polar surface area (TPSA) is 174 Å². The van der Waals surface area contributed by atoms with Crippen LogP contribution in [0.5, 0.6) is 0 Å². The lowest BCUT2D eigenvalue weighted by Gasteiger charge is -2.12. The highest BCUT2D eigenvalue weighted by atomic mass is 35.5. The molecule has 1 amide bonds. The van der Waals surface area contributed by atoms with Crippen LogP contribution in [0.15, 0.2) is 41.2 Å². The number of fused-ring (bicyclic) bond motifs is 2. The Balaban J connectivity index is 1.67. The van der Waals surface area contributed by atoms with Crippen molar-refractivity contribution in [2.45, 2.75) is 5.92 Å². The van der Waals surface area contributed by atoms with Crippen molar-refractivity contribution < 1.29 is 24.0 Å². The molecule has 0 bridgehead atoms. The zero-order chi connectivity index (χ0) is 24.6. The number of aromatic amines is 1. The van der Waals surface area contributed by atoms with Gasteiger partial charge in [-0.05, 0) is 24.3 Å². The number of amides is 1. The van der Waals surface area contributed by atoms with Gasteiger partial charge in [0, 0.05) is 17.2 Å². The van der Waals surface area contributed by atoms with E-state index in [-0.39, 0.29) is 21.9 Å². The number of rotatable bonds is 6. The number of benzene rings is 2. The lowest BCUT2D eigenvalue weighted by Crippen LogP contribution is -2.37. The van der Waals surface area contributed by atoms with E-state index in [9.17, 15) is 29.3 Å². The molecular weight excluding hydrogens is 490 g/mol. The number of halogens is 1. The molecule has 0 spiro atoms. The van der Waals surface area contributed by atoms with E-state index in [0.29, 0.717) is 15.2 Å². The number of thiazole rings is 1. The lowest BCUT2D eigenvalue weighted by atomic mass is 9.99. The average Bonchev–Trinajstić information content (AvgIpc) is 3.20. The van der Waals surface area contributed by atoms with Crippen molar-refractivity contribution in [1.29, 1.82) is 0 Å². The Labute approximate surface area is 197 Å². The van der Waals surface area contributed by atoms with Gasteiger partial charge in [0.2, 0.25) is 5.78 Å². The van der Waals surface area contributed by atoms with Gasteiger partial charge in [-0.15, -0.1) is 0 Å². The maximum Gasteiger partial charge on any atom is 0.323 e. The SMILES string of the molecule is COC(=O)[C@@H](C(=O)C(=O)Nc1nc2ccc([N+](=O)[O-])cc2s1)c1nc2ccc(Cl)cc2[nH]c1=O. The lowest BCUT2D eigenvalue weighted by molar-refractivity contribution is -0.384. The first-order chi connectivity index (χ1) is 16.2. The zero-order valence-corrected chi connectivity index (χ0v) is 18.6. The van der Waals surface area contributed by atoms with Crippen LogP contribution in [0.1, 0.15) is 11.6 Å². The third-order valence-electron chi connectivity index (χ3n) is 4.68. The van der Waals surface area contributed by atoms with Gasteiger partial charge in [-0.3, -0.25) is 34.6 Å². The van der Waals surface area contributed by atoms with E-state index < -0.39 is 39.8 Å². The minimum Gasteiger partial charge on any atom is -0.468 e. The van der Waals surface area contributed by atoms with E-state index in [2.05, 4.69) is 25.0 Å². The number of non-ortho nitro benzene ring substituents is 1. The molecule has 0 aliphatic heterocycles. The summed E-state index contributed by atoms with van der Waals surface area (Å²) < 4.78 is 5.02. The molecule has 14 heteroatoms. The molecule has 0 fully saturated rings. The first-order valence-electron chi connectivity index (χ1n) is 9.35. The van der Waals surface area contributed by atoms with Gasteiger partial charge >= 0.3 is 5.97 Å². The summed E-state index contributed by atoms with van der Waals surface area (Å²) in [6, 6.07) is 8.32. The highest BCUT2D eigenvalue weighted by molar-refractivity contribution is 7.22. The largest absolute Gasteiger partial charge is 0.468 e. The number of hydrogen-bond donors (Lipinski definition) is 2. The van der Waals surface area contributed by atoms with Gasteiger partial charge in [0.05, 0.1) is 33.3 Å². The number of carbonyl (C=O) groups is 3. The van der Waals surface area contributed by atoms with Crippen molar-refractivity contribution in [2.75, 3.05) is 12.4 Å². The van der Waals surface area contributed by atoms with Crippen LogP contribution in [0.3, 0.4) is 0 Å². The summed E-state index contributed by atoms with van der Waals surface area (Å²) in [6.07, 6.45) is 0. The molecule has 4 rings (SSSR count). The first-order valence-corrected chi connectivity index (χ1v) is 10.5. The van der Waals surface area contributed by atoms with Gasteiger partial charge < -0.3 is 9.72 Å². The van der Waals surface area contributed by atoms with Crippen molar-refractivity contribution in [2.24, 2.45) is 0 Å². The van der Waals surface area contributed by atoms with E-state index in [4.69, 9.17) is 11.6 Å². The molecule has 0 saturated heterocycles. The molecule has 1 atom stereocenters. The fraction of sp³-hybridized carbons (Fsp3) is 0.100. The van der Waals surface area contributed by atoms with Crippen LogP contribution in [0, 0.1) is 10.1 Å². The molecule has 0 saturated carbocycles. The van der Waals surface area contributed by atoms with Crippen LogP contribution in [-0.2, 0) is 19.1 Å². The highest BCUT2D eigenvalue weighted by Crippen LogP contribution is 2.29. The van der Waals surface area contributed by atoms with Gasteiger partial charge in [0.25, 0.3) is 17.2 Å². The summed E-state index contributed by atoms with van der Waals surface area (Å²) in [5.41, 5.74) is -0.715. The number of ether oxygens (including phenoxy) is 1. The molecule has 0 radical (unpaired) electrons. The van der Waals surface area contributed by atoms with Gasteiger partial charge in [-0.2, -0.15) is 0 Å². The number of aromatic nitrogens is 3. The standard InChI is InChI=1S/C20H12ClN5O7S/c1-33-19(30)14(15-17(28)23-12-6-8(21)2-4-10(12)22-15)16(27)18(29)25-20-24-11-5-3-9(26(31)32)7-13(11)34-20/h2-7,14H,1H3,(H,23,28)(H,24,25,29)/t14-/m1/s1. The van der Waals surface area contributed by atoms with Crippen LogP contribution in [0.2, 0.25) is 5.02 Å². The third-order valence-corrected chi connectivity index (χ3v) is 5.85. The number of H-pyrrole nitrogens is 1. The summed E-state index contributed by atoms with van der Waals surface area (Å²) in [5.74, 6) is -5.65.